The Labute approximate surface area is 105 Å². The van der Waals surface area contributed by atoms with Gasteiger partial charge in [0.2, 0.25) is 10.0 Å². The van der Waals surface area contributed by atoms with Crippen molar-refractivity contribution in [2.24, 2.45) is 5.14 Å². The zero-order valence-corrected chi connectivity index (χ0v) is 10.9. The Morgan fingerprint density at radius 2 is 1.82 bits per heavy atom. The van der Waals surface area contributed by atoms with Gasteiger partial charge < -0.3 is 10.6 Å². The molecule has 0 aromatic heterocycles. The fraction of sp³-hybridized carbons (Fsp3) is 0.400. The molecule has 4 N–H and O–H groups in total. The molecule has 7 heteroatoms. The van der Waals surface area contributed by atoms with Gasteiger partial charge in [-0.15, -0.1) is 0 Å². The van der Waals surface area contributed by atoms with E-state index in [-0.39, 0.29) is 4.90 Å². The third-order valence-corrected chi connectivity index (χ3v) is 4.45. The zero-order chi connectivity index (χ0) is 12.5. The number of hydrogen-bond acceptors (Lipinski definition) is 5. The van der Waals surface area contributed by atoms with Crippen LogP contribution in [0.4, 0.5) is 11.4 Å². The number of nitrogens with two attached hydrogens (primary N) is 2. The Balaban J connectivity index is 2.37. The zero-order valence-electron chi connectivity index (χ0n) is 9.30. The number of rotatable bonds is 2. The van der Waals surface area contributed by atoms with Gasteiger partial charge in [0.15, 0.2) is 0 Å². The van der Waals surface area contributed by atoms with Crippen LogP contribution in [0.1, 0.15) is 0 Å². The lowest BCUT2D eigenvalue weighted by Crippen LogP contribution is -2.32. The van der Waals surface area contributed by atoms with E-state index in [0.717, 1.165) is 30.3 Å². The molecule has 0 aliphatic carbocycles. The lowest BCUT2D eigenvalue weighted by atomic mass is 10.2. The molecule has 17 heavy (non-hydrogen) atoms. The molecular formula is C10H15N3O2S2. The molecule has 1 aliphatic rings. The fourth-order valence-corrected chi connectivity index (χ4v) is 3.26. The molecule has 1 heterocycles. The van der Waals surface area contributed by atoms with Crippen LogP contribution in [0.3, 0.4) is 0 Å². The van der Waals surface area contributed by atoms with Crippen LogP contribution in [-0.4, -0.2) is 33.0 Å². The molecule has 0 atom stereocenters. The average Bonchev–Trinajstić information content (AvgIpc) is 2.28. The standard InChI is InChI=1S/C10H15N3O2S2/c11-8-5-9(13-1-3-16-4-2-13)7-10(6-8)17(12,14)15/h5-7H,1-4,11H2,(H2,12,14,15). The van der Waals surface area contributed by atoms with Crippen molar-refractivity contribution in [3.63, 3.8) is 0 Å². The SMILES string of the molecule is Nc1cc(N2CCSCC2)cc(S(N)(=O)=O)c1. The third kappa shape index (κ3) is 3.05. The Morgan fingerprint density at radius 1 is 1.18 bits per heavy atom. The minimum atomic E-state index is -3.70. The summed E-state index contributed by atoms with van der Waals surface area (Å²) in [7, 11) is -3.70. The van der Waals surface area contributed by atoms with Crippen LogP contribution in [0.15, 0.2) is 23.1 Å². The summed E-state index contributed by atoms with van der Waals surface area (Å²) >= 11 is 1.89. The highest BCUT2D eigenvalue weighted by Gasteiger charge is 2.15. The lowest BCUT2D eigenvalue weighted by Gasteiger charge is -2.29. The van der Waals surface area contributed by atoms with Crippen molar-refractivity contribution < 1.29 is 8.42 Å². The maximum Gasteiger partial charge on any atom is 0.238 e. The fourth-order valence-electron chi connectivity index (χ4n) is 1.77. The van der Waals surface area contributed by atoms with Gasteiger partial charge >= 0.3 is 0 Å². The van der Waals surface area contributed by atoms with Gasteiger partial charge in [0.05, 0.1) is 4.90 Å². The van der Waals surface area contributed by atoms with Crippen molar-refractivity contribution in [3.8, 4) is 0 Å². The maximum atomic E-state index is 11.3. The highest BCUT2D eigenvalue weighted by molar-refractivity contribution is 7.99. The van der Waals surface area contributed by atoms with E-state index in [1.165, 1.54) is 6.07 Å². The van der Waals surface area contributed by atoms with E-state index in [1.807, 2.05) is 11.8 Å². The van der Waals surface area contributed by atoms with Gasteiger partial charge in [-0.25, -0.2) is 13.6 Å². The molecule has 0 bridgehead atoms. The summed E-state index contributed by atoms with van der Waals surface area (Å²) < 4.78 is 22.6. The van der Waals surface area contributed by atoms with Gasteiger partial charge in [-0.2, -0.15) is 11.8 Å². The van der Waals surface area contributed by atoms with Gasteiger partial charge in [0.25, 0.3) is 0 Å². The predicted octanol–water partition coefficient (Wildman–Crippen LogP) is 0.469. The number of primary sulfonamides is 1. The van der Waals surface area contributed by atoms with E-state index in [2.05, 4.69) is 4.90 Å². The summed E-state index contributed by atoms with van der Waals surface area (Å²) in [5.74, 6) is 2.08. The van der Waals surface area contributed by atoms with E-state index in [4.69, 9.17) is 10.9 Å². The van der Waals surface area contributed by atoms with Crippen LogP contribution in [0.2, 0.25) is 0 Å². The Hall–Kier alpha value is -0.920. The summed E-state index contributed by atoms with van der Waals surface area (Å²) in [5.41, 5.74) is 6.96. The molecule has 0 unspecified atom stereocenters. The smallest absolute Gasteiger partial charge is 0.238 e. The molecule has 1 saturated heterocycles. The van der Waals surface area contributed by atoms with E-state index < -0.39 is 10.0 Å². The molecule has 0 spiro atoms. The van der Waals surface area contributed by atoms with Gasteiger partial charge in [-0.1, -0.05) is 0 Å². The summed E-state index contributed by atoms with van der Waals surface area (Å²) in [4.78, 5) is 2.20. The summed E-state index contributed by atoms with van der Waals surface area (Å²) in [6, 6.07) is 4.75. The molecule has 1 fully saturated rings. The largest absolute Gasteiger partial charge is 0.399 e. The van der Waals surface area contributed by atoms with Crippen molar-refractivity contribution in [1.29, 1.82) is 0 Å². The minimum absolute atomic E-state index is 0.0747. The van der Waals surface area contributed by atoms with Crippen molar-refractivity contribution >= 4 is 33.2 Å². The van der Waals surface area contributed by atoms with Crippen molar-refractivity contribution in [2.75, 3.05) is 35.2 Å². The molecule has 1 aromatic rings. The Bertz CT molecular complexity index is 510. The number of nitrogen functional groups attached to an aromatic ring is 1. The number of anilines is 2. The second kappa shape index (κ2) is 4.75. The van der Waals surface area contributed by atoms with E-state index in [9.17, 15) is 8.42 Å². The lowest BCUT2D eigenvalue weighted by molar-refractivity contribution is 0.598. The first-order valence-corrected chi connectivity index (χ1v) is 7.93. The molecule has 94 valence electrons. The molecule has 0 saturated carbocycles. The number of thioether (sulfide) groups is 1. The molecule has 5 nitrogen and oxygen atoms in total. The molecular weight excluding hydrogens is 258 g/mol. The van der Waals surface area contributed by atoms with Crippen LogP contribution >= 0.6 is 11.8 Å². The molecule has 2 rings (SSSR count). The molecule has 0 amide bonds. The van der Waals surface area contributed by atoms with E-state index >= 15 is 0 Å². The monoisotopic (exact) mass is 273 g/mol. The summed E-state index contributed by atoms with van der Waals surface area (Å²) in [5, 5.41) is 5.12. The van der Waals surface area contributed by atoms with Gasteiger partial charge in [0, 0.05) is 36.0 Å². The van der Waals surface area contributed by atoms with Crippen LogP contribution in [0, 0.1) is 0 Å². The first kappa shape index (κ1) is 12.5. The number of nitrogens with zero attached hydrogens (tertiary/aromatic N) is 1. The number of hydrogen-bond donors (Lipinski definition) is 2. The van der Waals surface area contributed by atoms with Crippen molar-refractivity contribution in [1.82, 2.24) is 0 Å². The van der Waals surface area contributed by atoms with Crippen LogP contribution in [-0.2, 0) is 10.0 Å². The van der Waals surface area contributed by atoms with Gasteiger partial charge in [0.1, 0.15) is 0 Å². The molecule has 1 aromatic carbocycles. The highest BCUT2D eigenvalue weighted by Crippen LogP contribution is 2.25. The van der Waals surface area contributed by atoms with Crippen LogP contribution in [0.25, 0.3) is 0 Å². The minimum Gasteiger partial charge on any atom is -0.399 e. The quantitative estimate of drug-likeness (QED) is 0.765. The van der Waals surface area contributed by atoms with E-state index in [0.29, 0.717) is 5.69 Å². The van der Waals surface area contributed by atoms with Crippen LogP contribution < -0.4 is 15.8 Å². The summed E-state index contributed by atoms with van der Waals surface area (Å²) in [6.07, 6.45) is 0. The van der Waals surface area contributed by atoms with Crippen LogP contribution in [0.5, 0.6) is 0 Å². The van der Waals surface area contributed by atoms with Gasteiger partial charge in [-0.3, -0.25) is 0 Å². The second-order valence-corrected chi connectivity index (χ2v) is 6.69. The second-order valence-electron chi connectivity index (χ2n) is 3.90. The molecule has 1 aliphatic heterocycles. The Kier molecular flexibility index (Phi) is 3.50. The first-order chi connectivity index (χ1) is 7.97. The summed E-state index contributed by atoms with van der Waals surface area (Å²) in [6.45, 7) is 1.80. The highest BCUT2D eigenvalue weighted by atomic mass is 32.2. The normalized spacial score (nSPS) is 17.1. The van der Waals surface area contributed by atoms with Crippen molar-refractivity contribution in [3.05, 3.63) is 18.2 Å². The van der Waals surface area contributed by atoms with Gasteiger partial charge in [-0.05, 0) is 18.2 Å². The predicted molar refractivity (Wildman–Crippen MR) is 71.8 cm³/mol. The maximum absolute atomic E-state index is 11.3. The van der Waals surface area contributed by atoms with Crippen molar-refractivity contribution in [2.45, 2.75) is 4.90 Å². The topological polar surface area (TPSA) is 89.4 Å². The average molecular weight is 273 g/mol. The number of sulfonamides is 1. The van der Waals surface area contributed by atoms with E-state index in [1.54, 1.807) is 12.1 Å². The number of benzene rings is 1. The molecule has 0 radical (unpaired) electrons. The first-order valence-electron chi connectivity index (χ1n) is 5.23. The third-order valence-electron chi connectivity index (χ3n) is 2.62. The Morgan fingerprint density at radius 3 is 2.41 bits per heavy atom.